The lowest BCUT2D eigenvalue weighted by atomic mass is 10.0. The van der Waals surface area contributed by atoms with Gasteiger partial charge in [-0.15, -0.1) is 11.3 Å². The fourth-order valence-corrected chi connectivity index (χ4v) is 3.87. The summed E-state index contributed by atoms with van der Waals surface area (Å²) >= 11 is 1.44. The van der Waals surface area contributed by atoms with Gasteiger partial charge in [0.1, 0.15) is 4.83 Å². The molecule has 0 radical (unpaired) electrons. The van der Waals surface area contributed by atoms with Crippen molar-refractivity contribution in [3.8, 4) is 0 Å². The molecule has 3 aromatic rings. The monoisotopic (exact) mass is 398 g/mol. The summed E-state index contributed by atoms with van der Waals surface area (Å²) in [6, 6.07) is 10.4. The third kappa shape index (κ3) is 4.66. The van der Waals surface area contributed by atoms with Crippen LogP contribution in [0.15, 0.2) is 46.8 Å². The van der Waals surface area contributed by atoms with Gasteiger partial charge in [0.15, 0.2) is 0 Å². The summed E-state index contributed by atoms with van der Waals surface area (Å²) in [6.07, 6.45) is 2.77. The summed E-state index contributed by atoms with van der Waals surface area (Å²) < 4.78 is 1.50. The molecule has 1 N–H and O–H groups in total. The topological polar surface area (TPSA) is 67.2 Å². The molecule has 6 nitrogen and oxygen atoms in total. The molecule has 0 aliphatic rings. The van der Waals surface area contributed by atoms with Crippen LogP contribution < -0.4 is 10.9 Å². The molecule has 0 saturated carbocycles. The predicted octanol–water partition coefficient (Wildman–Crippen LogP) is 2.83. The molecule has 28 heavy (non-hydrogen) atoms. The second kappa shape index (κ2) is 9.12. The number of rotatable bonds is 8. The van der Waals surface area contributed by atoms with Crippen molar-refractivity contribution in [2.45, 2.75) is 32.4 Å². The van der Waals surface area contributed by atoms with Crippen LogP contribution in [0.3, 0.4) is 0 Å². The van der Waals surface area contributed by atoms with Gasteiger partial charge >= 0.3 is 0 Å². The minimum absolute atomic E-state index is 0.0747. The van der Waals surface area contributed by atoms with Gasteiger partial charge in [-0.2, -0.15) is 0 Å². The third-order valence-electron chi connectivity index (χ3n) is 4.92. The molecule has 0 saturated heterocycles. The number of aromatic nitrogens is 2. The molecule has 0 aliphatic heterocycles. The zero-order chi connectivity index (χ0) is 20.1. The second-order valence-corrected chi connectivity index (χ2v) is 7.91. The van der Waals surface area contributed by atoms with Crippen molar-refractivity contribution in [2.24, 2.45) is 0 Å². The van der Waals surface area contributed by atoms with Crippen molar-refractivity contribution in [1.82, 2.24) is 19.8 Å². The van der Waals surface area contributed by atoms with E-state index in [0.29, 0.717) is 18.5 Å². The van der Waals surface area contributed by atoms with Gasteiger partial charge in [0.05, 0.1) is 17.8 Å². The summed E-state index contributed by atoms with van der Waals surface area (Å²) in [5.74, 6) is -0.0747. The van der Waals surface area contributed by atoms with E-state index in [1.54, 1.807) is 6.07 Å². The highest BCUT2D eigenvalue weighted by atomic mass is 32.1. The zero-order valence-electron chi connectivity index (χ0n) is 16.5. The molecule has 0 aliphatic carbocycles. The Morgan fingerprint density at radius 1 is 1.25 bits per heavy atom. The molecule has 148 valence electrons. The van der Waals surface area contributed by atoms with Crippen LogP contribution in [0, 0.1) is 0 Å². The lowest BCUT2D eigenvalue weighted by Crippen LogP contribution is -2.35. The molecule has 7 heteroatoms. The van der Waals surface area contributed by atoms with Crippen molar-refractivity contribution >= 4 is 27.5 Å². The number of aryl methyl sites for hydroxylation is 2. The molecular formula is C21H26N4O2S. The first kappa shape index (κ1) is 20.2. The summed E-state index contributed by atoms with van der Waals surface area (Å²) in [5, 5.41) is 5.46. The van der Waals surface area contributed by atoms with Crippen LogP contribution >= 0.6 is 11.3 Å². The Balaban J connectivity index is 1.58. The lowest BCUT2D eigenvalue weighted by Gasteiger charge is -2.25. The zero-order valence-corrected chi connectivity index (χ0v) is 17.3. The fraction of sp³-hybridized carbons (Fsp3) is 0.381. The summed E-state index contributed by atoms with van der Waals surface area (Å²) in [6.45, 7) is 2.98. The molecule has 1 unspecified atom stereocenters. The number of hydrogen-bond donors (Lipinski definition) is 1. The Hall–Kier alpha value is -2.51. The van der Waals surface area contributed by atoms with Gasteiger partial charge in [0, 0.05) is 19.5 Å². The number of benzene rings is 1. The van der Waals surface area contributed by atoms with Gasteiger partial charge < -0.3 is 10.2 Å². The standard InChI is InChI=1S/C21H26N4O2S/c1-4-15-5-7-16(8-6-15)18(24(2)3)13-22-19(26)9-11-25-14-23-20-17(21(25)27)10-12-28-20/h5-8,10,12,14,18H,4,9,11,13H2,1-3H3,(H,22,26). The van der Waals surface area contributed by atoms with Crippen LogP contribution in [0.25, 0.3) is 10.2 Å². The van der Waals surface area contributed by atoms with Crippen LogP contribution in [0.1, 0.15) is 30.5 Å². The van der Waals surface area contributed by atoms with Crippen LogP contribution in [-0.2, 0) is 17.8 Å². The lowest BCUT2D eigenvalue weighted by molar-refractivity contribution is -0.121. The number of fused-ring (bicyclic) bond motifs is 1. The Labute approximate surface area is 168 Å². The largest absolute Gasteiger partial charge is 0.354 e. The van der Waals surface area contributed by atoms with Crippen molar-refractivity contribution in [3.63, 3.8) is 0 Å². The first-order valence-corrected chi connectivity index (χ1v) is 10.3. The normalized spacial score (nSPS) is 12.4. The van der Waals surface area contributed by atoms with E-state index >= 15 is 0 Å². The van der Waals surface area contributed by atoms with Crippen LogP contribution in [0.5, 0.6) is 0 Å². The Bertz CT molecular complexity index is 992. The number of nitrogens with one attached hydrogen (secondary N) is 1. The molecule has 2 aromatic heterocycles. The number of carbonyl (C=O) groups excluding carboxylic acids is 1. The number of carbonyl (C=O) groups is 1. The molecule has 1 amide bonds. The molecular weight excluding hydrogens is 372 g/mol. The molecule has 0 spiro atoms. The molecule has 2 heterocycles. The third-order valence-corrected chi connectivity index (χ3v) is 5.74. The van der Waals surface area contributed by atoms with Gasteiger partial charge in [-0.3, -0.25) is 14.2 Å². The van der Waals surface area contributed by atoms with E-state index in [0.717, 1.165) is 11.3 Å². The Kier molecular flexibility index (Phi) is 6.59. The predicted molar refractivity (Wildman–Crippen MR) is 114 cm³/mol. The number of hydrogen-bond acceptors (Lipinski definition) is 5. The maximum Gasteiger partial charge on any atom is 0.262 e. The van der Waals surface area contributed by atoms with Gasteiger partial charge in [0.2, 0.25) is 5.91 Å². The number of likely N-dealkylation sites (N-methyl/N-ethyl adjacent to an activating group) is 1. The highest BCUT2D eigenvalue weighted by Gasteiger charge is 2.15. The van der Waals surface area contributed by atoms with Crippen LogP contribution in [0.4, 0.5) is 0 Å². The number of thiophene rings is 1. The van der Waals surface area contributed by atoms with Crippen molar-refractivity contribution in [2.75, 3.05) is 20.6 Å². The first-order chi connectivity index (χ1) is 13.5. The number of nitrogens with zero attached hydrogens (tertiary/aromatic N) is 3. The maximum atomic E-state index is 12.4. The quantitative estimate of drug-likeness (QED) is 0.634. The van der Waals surface area contributed by atoms with E-state index in [9.17, 15) is 9.59 Å². The average Bonchev–Trinajstić information content (AvgIpc) is 3.17. The van der Waals surface area contributed by atoms with E-state index in [2.05, 4.69) is 46.4 Å². The van der Waals surface area contributed by atoms with Crippen molar-refractivity contribution in [3.05, 3.63) is 63.5 Å². The molecule has 1 aromatic carbocycles. The van der Waals surface area contributed by atoms with Gasteiger partial charge in [-0.1, -0.05) is 31.2 Å². The minimum Gasteiger partial charge on any atom is -0.354 e. The Morgan fingerprint density at radius 2 is 2.00 bits per heavy atom. The van der Waals surface area contributed by atoms with Crippen molar-refractivity contribution in [1.29, 1.82) is 0 Å². The molecule has 0 fully saturated rings. The van der Waals surface area contributed by atoms with Gasteiger partial charge in [-0.05, 0) is 43.1 Å². The molecule has 1 atom stereocenters. The van der Waals surface area contributed by atoms with Crippen LogP contribution in [-0.4, -0.2) is 41.0 Å². The van der Waals surface area contributed by atoms with E-state index in [4.69, 9.17) is 0 Å². The summed E-state index contributed by atoms with van der Waals surface area (Å²) in [5.41, 5.74) is 2.37. The van der Waals surface area contributed by atoms with Gasteiger partial charge in [-0.25, -0.2) is 4.98 Å². The SMILES string of the molecule is CCc1ccc(C(CNC(=O)CCn2cnc3sccc3c2=O)N(C)C)cc1. The maximum absolute atomic E-state index is 12.4. The highest BCUT2D eigenvalue weighted by Crippen LogP contribution is 2.18. The van der Waals surface area contributed by atoms with E-state index in [1.807, 2.05) is 19.5 Å². The van der Waals surface area contributed by atoms with Gasteiger partial charge in [0.25, 0.3) is 5.56 Å². The van der Waals surface area contributed by atoms with Crippen molar-refractivity contribution < 1.29 is 4.79 Å². The molecule has 3 rings (SSSR count). The summed E-state index contributed by atoms with van der Waals surface area (Å²) in [7, 11) is 4.01. The smallest absolute Gasteiger partial charge is 0.262 e. The minimum atomic E-state index is -0.0961. The van der Waals surface area contributed by atoms with E-state index < -0.39 is 0 Å². The molecule has 0 bridgehead atoms. The highest BCUT2D eigenvalue weighted by molar-refractivity contribution is 7.16. The Morgan fingerprint density at radius 3 is 2.68 bits per heavy atom. The summed E-state index contributed by atoms with van der Waals surface area (Å²) in [4.78, 5) is 31.8. The fourth-order valence-electron chi connectivity index (χ4n) is 3.15. The van der Waals surface area contributed by atoms with E-state index in [-0.39, 0.29) is 23.9 Å². The second-order valence-electron chi connectivity index (χ2n) is 7.01. The average molecular weight is 399 g/mol. The first-order valence-electron chi connectivity index (χ1n) is 9.44. The number of amides is 1. The van der Waals surface area contributed by atoms with E-state index in [1.165, 1.54) is 33.4 Å². The van der Waals surface area contributed by atoms with Crippen LogP contribution in [0.2, 0.25) is 0 Å².